The monoisotopic (exact) mass is 260 g/mol. The summed E-state index contributed by atoms with van der Waals surface area (Å²) in [6.07, 6.45) is 0. The molecule has 0 aliphatic carbocycles. The second-order valence-corrected chi connectivity index (χ2v) is 4.42. The summed E-state index contributed by atoms with van der Waals surface area (Å²) >= 11 is 0. The summed E-state index contributed by atoms with van der Waals surface area (Å²) in [5.41, 5.74) is 1.94. The maximum atomic E-state index is 12.9. The van der Waals surface area contributed by atoms with E-state index in [9.17, 15) is 4.39 Å². The Morgan fingerprint density at radius 2 is 1.89 bits per heavy atom. The molecule has 0 unspecified atom stereocenters. The van der Waals surface area contributed by atoms with Gasteiger partial charge in [-0.2, -0.15) is 4.98 Å². The normalized spacial score (nSPS) is 10.3. The van der Waals surface area contributed by atoms with Gasteiger partial charge in [-0.25, -0.2) is 9.37 Å². The highest BCUT2D eigenvalue weighted by Gasteiger charge is 2.07. The van der Waals surface area contributed by atoms with Gasteiger partial charge in [-0.1, -0.05) is 12.1 Å². The highest BCUT2D eigenvalue weighted by atomic mass is 19.1. The molecule has 0 aliphatic rings. The fourth-order valence-corrected chi connectivity index (χ4v) is 1.80. The van der Waals surface area contributed by atoms with Crippen molar-refractivity contribution < 1.29 is 4.39 Å². The van der Waals surface area contributed by atoms with Crippen molar-refractivity contribution in [2.75, 3.05) is 24.3 Å². The Bertz CT molecular complexity index is 554. The summed E-state index contributed by atoms with van der Waals surface area (Å²) in [5, 5.41) is 2.94. The van der Waals surface area contributed by atoms with Crippen molar-refractivity contribution in [3.05, 3.63) is 47.4 Å². The molecule has 0 saturated carbocycles. The largest absolute Gasteiger partial charge is 0.357 e. The zero-order valence-corrected chi connectivity index (χ0v) is 11.3. The second kappa shape index (κ2) is 5.65. The Balaban J connectivity index is 2.17. The van der Waals surface area contributed by atoms with Crippen LogP contribution in [-0.4, -0.2) is 24.1 Å². The fraction of sp³-hybridized carbons (Fsp3) is 0.286. The molecule has 0 bridgehead atoms. The van der Waals surface area contributed by atoms with Crippen molar-refractivity contribution in [3.8, 4) is 0 Å². The Kier molecular flexibility index (Phi) is 3.94. The molecule has 0 saturated heterocycles. The molecule has 4 nitrogen and oxygen atoms in total. The van der Waals surface area contributed by atoms with Gasteiger partial charge in [0.2, 0.25) is 5.95 Å². The molecule has 0 spiro atoms. The summed E-state index contributed by atoms with van der Waals surface area (Å²) in [4.78, 5) is 10.7. The van der Waals surface area contributed by atoms with Crippen LogP contribution >= 0.6 is 0 Å². The van der Waals surface area contributed by atoms with Crippen molar-refractivity contribution in [3.63, 3.8) is 0 Å². The van der Waals surface area contributed by atoms with E-state index >= 15 is 0 Å². The van der Waals surface area contributed by atoms with Gasteiger partial charge in [-0.05, 0) is 24.6 Å². The minimum Gasteiger partial charge on any atom is -0.357 e. The Hall–Kier alpha value is -2.17. The van der Waals surface area contributed by atoms with E-state index in [-0.39, 0.29) is 5.82 Å². The first kappa shape index (κ1) is 13.3. The van der Waals surface area contributed by atoms with E-state index < -0.39 is 0 Å². The van der Waals surface area contributed by atoms with E-state index in [4.69, 9.17) is 0 Å². The molecule has 0 atom stereocenters. The van der Waals surface area contributed by atoms with Gasteiger partial charge in [-0.15, -0.1) is 0 Å². The number of hydrogen-bond acceptors (Lipinski definition) is 4. The first-order valence-electron chi connectivity index (χ1n) is 6.07. The van der Waals surface area contributed by atoms with Crippen LogP contribution in [0.4, 0.5) is 16.2 Å². The zero-order chi connectivity index (χ0) is 13.8. The SMILES string of the molecule is CNc1nc(C)cc(N(C)Cc2ccc(F)cc2)n1. The van der Waals surface area contributed by atoms with E-state index in [1.807, 2.05) is 24.9 Å². The van der Waals surface area contributed by atoms with Gasteiger partial charge >= 0.3 is 0 Å². The molecule has 1 aromatic carbocycles. The number of aryl methyl sites for hydroxylation is 1. The van der Waals surface area contributed by atoms with Crippen LogP contribution in [0, 0.1) is 12.7 Å². The third-order valence-corrected chi connectivity index (χ3v) is 2.79. The quantitative estimate of drug-likeness (QED) is 0.917. The molecule has 100 valence electrons. The molecule has 0 aliphatic heterocycles. The first-order valence-corrected chi connectivity index (χ1v) is 6.07. The minimum absolute atomic E-state index is 0.221. The number of nitrogens with zero attached hydrogens (tertiary/aromatic N) is 3. The summed E-state index contributed by atoms with van der Waals surface area (Å²) in [7, 11) is 3.74. The van der Waals surface area contributed by atoms with Crippen molar-refractivity contribution in [2.45, 2.75) is 13.5 Å². The maximum Gasteiger partial charge on any atom is 0.224 e. The number of aromatic nitrogens is 2. The molecule has 19 heavy (non-hydrogen) atoms. The predicted molar refractivity (Wildman–Crippen MR) is 74.8 cm³/mol. The van der Waals surface area contributed by atoms with Gasteiger partial charge in [0.1, 0.15) is 11.6 Å². The zero-order valence-electron chi connectivity index (χ0n) is 11.3. The number of benzene rings is 1. The number of halogens is 1. The van der Waals surface area contributed by atoms with Gasteiger partial charge in [0, 0.05) is 32.4 Å². The van der Waals surface area contributed by atoms with Crippen molar-refractivity contribution in [2.24, 2.45) is 0 Å². The molecule has 5 heteroatoms. The van der Waals surface area contributed by atoms with E-state index in [0.717, 1.165) is 17.1 Å². The number of anilines is 2. The first-order chi connectivity index (χ1) is 9.08. The number of hydrogen-bond donors (Lipinski definition) is 1. The van der Waals surface area contributed by atoms with Gasteiger partial charge in [-0.3, -0.25) is 0 Å². The molecule has 0 fully saturated rings. The van der Waals surface area contributed by atoms with E-state index in [1.165, 1.54) is 12.1 Å². The van der Waals surface area contributed by atoms with Crippen molar-refractivity contribution >= 4 is 11.8 Å². The molecular formula is C14H17FN4. The van der Waals surface area contributed by atoms with Crippen LogP contribution in [-0.2, 0) is 6.54 Å². The molecule has 0 amide bonds. The van der Waals surface area contributed by atoms with Gasteiger partial charge in [0.15, 0.2) is 0 Å². The topological polar surface area (TPSA) is 41.1 Å². The van der Waals surface area contributed by atoms with E-state index in [1.54, 1.807) is 19.2 Å². The van der Waals surface area contributed by atoms with Crippen LogP contribution in [0.25, 0.3) is 0 Å². The standard InChI is InChI=1S/C14H17FN4/c1-10-8-13(18-14(16-2)17-10)19(3)9-11-4-6-12(15)7-5-11/h4-8H,9H2,1-3H3,(H,16,17,18). The fourth-order valence-electron chi connectivity index (χ4n) is 1.80. The second-order valence-electron chi connectivity index (χ2n) is 4.42. The summed E-state index contributed by atoms with van der Waals surface area (Å²) < 4.78 is 12.9. The Labute approximate surface area is 112 Å². The van der Waals surface area contributed by atoms with E-state index in [0.29, 0.717) is 12.5 Å². The summed E-state index contributed by atoms with van der Waals surface area (Å²) in [6, 6.07) is 8.41. The molecule has 2 rings (SSSR count). The highest BCUT2D eigenvalue weighted by Crippen LogP contribution is 2.16. The Morgan fingerprint density at radius 1 is 1.21 bits per heavy atom. The lowest BCUT2D eigenvalue weighted by atomic mass is 10.2. The highest BCUT2D eigenvalue weighted by molar-refractivity contribution is 5.44. The Morgan fingerprint density at radius 3 is 2.53 bits per heavy atom. The predicted octanol–water partition coefficient (Wildman–Crippen LogP) is 2.60. The molecule has 1 heterocycles. The van der Waals surface area contributed by atoms with Crippen LogP contribution < -0.4 is 10.2 Å². The average Bonchev–Trinajstić information content (AvgIpc) is 2.40. The average molecular weight is 260 g/mol. The van der Waals surface area contributed by atoms with Crippen LogP contribution in [0.1, 0.15) is 11.3 Å². The van der Waals surface area contributed by atoms with Crippen molar-refractivity contribution in [1.82, 2.24) is 9.97 Å². The number of rotatable bonds is 4. The van der Waals surface area contributed by atoms with Crippen molar-refractivity contribution in [1.29, 1.82) is 0 Å². The molecule has 1 aromatic heterocycles. The van der Waals surface area contributed by atoms with Gasteiger partial charge in [0.05, 0.1) is 0 Å². The van der Waals surface area contributed by atoms with Crippen LogP contribution in [0.15, 0.2) is 30.3 Å². The van der Waals surface area contributed by atoms with Crippen LogP contribution in [0.3, 0.4) is 0 Å². The van der Waals surface area contributed by atoms with Gasteiger partial charge < -0.3 is 10.2 Å². The minimum atomic E-state index is -0.221. The van der Waals surface area contributed by atoms with E-state index in [2.05, 4.69) is 15.3 Å². The lowest BCUT2D eigenvalue weighted by Crippen LogP contribution is -2.18. The molecule has 0 radical (unpaired) electrons. The lowest BCUT2D eigenvalue weighted by Gasteiger charge is -2.19. The van der Waals surface area contributed by atoms with Gasteiger partial charge in [0.25, 0.3) is 0 Å². The molecule has 2 aromatic rings. The smallest absolute Gasteiger partial charge is 0.224 e. The van der Waals surface area contributed by atoms with Crippen LogP contribution in [0.2, 0.25) is 0 Å². The maximum absolute atomic E-state index is 12.9. The number of nitrogens with one attached hydrogen (secondary N) is 1. The summed E-state index contributed by atoms with van der Waals surface area (Å²) in [5.74, 6) is 1.21. The third-order valence-electron chi connectivity index (χ3n) is 2.79. The molecule has 1 N–H and O–H groups in total. The third kappa shape index (κ3) is 3.40. The lowest BCUT2D eigenvalue weighted by molar-refractivity contribution is 0.627. The van der Waals surface area contributed by atoms with Crippen LogP contribution in [0.5, 0.6) is 0 Å². The summed E-state index contributed by atoms with van der Waals surface area (Å²) in [6.45, 7) is 2.59. The molecular weight excluding hydrogens is 243 g/mol.